The highest BCUT2D eigenvalue weighted by molar-refractivity contribution is 9.10. The van der Waals surface area contributed by atoms with E-state index in [1.165, 1.54) is 22.5 Å². The number of nitrogens with zero attached hydrogens (tertiary/aromatic N) is 2. The Morgan fingerprint density at radius 3 is 2.61 bits per heavy atom. The fourth-order valence-corrected chi connectivity index (χ4v) is 7.90. The summed E-state index contributed by atoms with van der Waals surface area (Å²) in [6, 6.07) is 27.5. The highest BCUT2D eigenvalue weighted by Gasteiger charge is 2.32. The van der Waals surface area contributed by atoms with E-state index < -0.39 is 0 Å². The molecule has 0 spiro atoms. The van der Waals surface area contributed by atoms with Gasteiger partial charge in [0.1, 0.15) is 6.61 Å². The molecule has 44 heavy (non-hydrogen) atoms. The molecular formula is C35H25BrCl2N2O3S. The number of ether oxygens (including phenoxy) is 2. The van der Waals surface area contributed by atoms with E-state index in [9.17, 15) is 4.79 Å². The normalized spacial score (nSPS) is 15.7. The molecule has 1 unspecified atom stereocenters. The molecule has 0 saturated heterocycles. The zero-order valence-electron chi connectivity index (χ0n) is 23.5. The van der Waals surface area contributed by atoms with Crippen molar-refractivity contribution < 1.29 is 9.47 Å². The maximum absolute atomic E-state index is 14.1. The van der Waals surface area contributed by atoms with Crippen molar-refractivity contribution in [1.82, 2.24) is 4.57 Å². The van der Waals surface area contributed by atoms with Gasteiger partial charge in [0.2, 0.25) is 0 Å². The Balaban J connectivity index is 1.31. The van der Waals surface area contributed by atoms with Gasteiger partial charge in [-0.1, -0.05) is 95.2 Å². The van der Waals surface area contributed by atoms with Crippen molar-refractivity contribution in [3.8, 4) is 11.5 Å². The molecule has 1 aliphatic heterocycles. The highest BCUT2D eigenvalue weighted by atomic mass is 79.9. The first-order valence-corrected chi connectivity index (χ1v) is 16.4. The molecule has 1 aromatic heterocycles. The van der Waals surface area contributed by atoms with Gasteiger partial charge in [0.15, 0.2) is 16.3 Å². The molecular weight excluding hydrogens is 679 g/mol. The maximum atomic E-state index is 14.1. The molecule has 4 aromatic carbocycles. The first kappa shape index (κ1) is 29.1. The summed E-state index contributed by atoms with van der Waals surface area (Å²) in [6.45, 7) is 0.232. The molecule has 0 saturated carbocycles. The molecule has 220 valence electrons. The largest absolute Gasteiger partial charge is 0.493 e. The summed E-state index contributed by atoms with van der Waals surface area (Å²) in [5.74, 6) is 1.06. The number of benzene rings is 4. The standard InChI is InChI=1S/C35H25BrCl2N2O3S/c1-42-29-16-20(15-27(36)33(29)43-19-23-11-13-24(37)18-28(23)38)17-30-34(41)40-32(22-8-3-2-4-9-22)26-14-12-21-7-5-6-10-25(21)31(26)39-35(40)44-30/h2-11,13,15-18,32H,12,14,19H2,1H3/b30-17+. The van der Waals surface area contributed by atoms with E-state index in [4.69, 9.17) is 37.7 Å². The Labute approximate surface area is 276 Å². The van der Waals surface area contributed by atoms with E-state index >= 15 is 0 Å². The summed E-state index contributed by atoms with van der Waals surface area (Å²) < 4.78 is 14.9. The summed E-state index contributed by atoms with van der Waals surface area (Å²) in [7, 11) is 1.59. The third kappa shape index (κ3) is 5.32. The number of thiazole rings is 1. The van der Waals surface area contributed by atoms with Gasteiger partial charge in [0.05, 0.1) is 27.9 Å². The molecule has 0 radical (unpaired) electrons. The van der Waals surface area contributed by atoms with Gasteiger partial charge in [0.25, 0.3) is 5.56 Å². The van der Waals surface area contributed by atoms with Gasteiger partial charge in [0, 0.05) is 21.2 Å². The van der Waals surface area contributed by atoms with Crippen molar-refractivity contribution in [2.75, 3.05) is 7.11 Å². The van der Waals surface area contributed by atoms with E-state index in [0.717, 1.165) is 40.8 Å². The van der Waals surface area contributed by atoms with Crippen LogP contribution in [0.4, 0.5) is 0 Å². The molecule has 0 fully saturated rings. The minimum Gasteiger partial charge on any atom is -0.493 e. The van der Waals surface area contributed by atoms with Crippen LogP contribution in [0.15, 0.2) is 105 Å². The van der Waals surface area contributed by atoms with Crippen LogP contribution in [0, 0.1) is 0 Å². The Morgan fingerprint density at radius 2 is 1.82 bits per heavy atom. The zero-order chi connectivity index (χ0) is 30.4. The smallest absolute Gasteiger partial charge is 0.271 e. The summed E-state index contributed by atoms with van der Waals surface area (Å²) in [5.41, 5.74) is 7.21. The van der Waals surface area contributed by atoms with Gasteiger partial charge in [-0.15, -0.1) is 0 Å². The number of methoxy groups -OCH3 is 1. The average molecular weight is 704 g/mol. The van der Waals surface area contributed by atoms with Crippen molar-refractivity contribution in [3.63, 3.8) is 0 Å². The molecule has 2 aliphatic rings. The molecule has 1 atom stereocenters. The SMILES string of the molecule is COc1cc(/C=c2/sc3n(c2=O)C(c2ccccc2)C2=C(N=3)c3ccccc3CC2)cc(Br)c1OCc1ccc(Cl)cc1Cl. The van der Waals surface area contributed by atoms with Crippen LogP contribution in [0.25, 0.3) is 11.8 Å². The lowest BCUT2D eigenvalue weighted by Crippen LogP contribution is -2.38. The molecule has 0 bridgehead atoms. The fraction of sp³-hybridized carbons (Fsp3) is 0.143. The minimum atomic E-state index is -0.213. The van der Waals surface area contributed by atoms with Gasteiger partial charge >= 0.3 is 0 Å². The third-order valence-corrected chi connectivity index (χ3v) is 10.1. The van der Waals surface area contributed by atoms with Gasteiger partial charge < -0.3 is 9.47 Å². The van der Waals surface area contributed by atoms with Gasteiger partial charge in [-0.2, -0.15) is 0 Å². The summed E-state index contributed by atoms with van der Waals surface area (Å²) in [4.78, 5) is 19.9. The van der Waals surface area contributed by atoms with E-state index in [2.05, 4.69) is 52.3 Å². The second-order valence-corrected chi connectivity index (χ2v) is 13.3. The number of halogens is 3. The Bertz CT molecular complexity index is 2140. The second-order valence-electron chi connectivity index (χ2n) is 10.6. The monoisotopic (exact) mass is 702 g/mol. The lowest BCUT2D eigenvalue weighted by atomic mass is 9.83. The van der Waals surface area contributed by atoms with Crippen LogP contribution in [0.3, 0.4) is 0 Å². The molecule has 0 N–H and O–H groups in total. The number of hydrogen-bond donors (Lipinski definition) is 0. The number of rotatable bonds is 6. The number of fused-ring (bicyclic) bond motifs is 3. The number of aryl methyl sites for hydroxylation is 1. The van der Waals surface area contributed by atoms with E-state index in [-0.39, 0.29) is 18.2 Å². The second kappa shape index (κ2) is 12.1. The number of aromatic nitrogens is 1. The first-order valence-electron chi connectivity index (χ1n) is 14.0. The molecule has 7 rings (SSSR count). The van der Waals surface area contributed by atoms with Gasteiger partial charge in [-0.25, -0.2) is 4.99 Å². The zero-order valence-corrected chi connectivity index (χ0v) is 27.4. The molecule has 5 aromatic rings. The van der Waals surface area contributed by atoms with Crippen molar-refractivity contribution in [2.45, 2.75) is 25.5 Å². The van der Waals surface area contributed by atoms with Crippen LogP contribution >= 0.6 is 50.5 Å². The minimum absolute atomic E-state index is 0.0687. The molecule has 0 amide bonds. The topological polar surface area (TPSA) is 52.8 Å². The van der Waals surface area contributed by atoms with Crippen LogP contribution in [0.5, 0.6) is 11.5 Å². The Kier molecular flexibility index (Phi) is 7.97. The molecule has 1 aliphatic carbocycles. The lowest BCUT2D eigenvalue weighted by Gasteiger charge is -2.30. The average Bonchev–Trinajstić information content (AvgIpc) is 3.34. The van der Waals surface area contributed by atoms with Crippen LogP contribution in [-0.4, -0.2) is 11.7 Å². The quantitative estimate of drug-likeness (QED) is 0.180. The van der Waals surface area contributed by atoms with Crippen LogP contribution in [-0.2, 0) is 13.0 Å². The number of allylic oxidation sites excluding steroid dienone is 1. The van der Waals surface area contributed by atoms with Crippen LogP contribution < -0.4 is 24.4 Å². The van der Waals surface area contributed by atoms with E-state index in [0.29, 0.717) is 35.4 Å². The van der Waals surface area contributed by atoms with Crippen molar-refractivity contribution in [3.05, 3.63) is 153 Å². The van der Waals surface area contributed by atoms with E-state index in [1.54, 1.807) is 19.2 Å². The Morgan fingerprint density at radius 1 is 1.02 bits per heavy atom. The summed E-state index contributed by atoms with van der Waals surface area (Å²) in [5, 5.41) is 1.09. The van der Waals surface area contributed by atoms with Crippen LogP contribution in [0.1, 0.15) is 40.3 Å². The summed E-state index contributed by atoms with van der Waals surface area (Å²) >= 11 is 17.4. The Hall–Kier alpha value is -3.62. The van der Waals surface area contributed by atoms with Crippen molar-refractivity contribution >= 4 is 62.2 Å². The van der Waals surface area contributed by atoms with Gasteiger partial charge in [-0.05, 0) is 81.4 Å². The van der Waals surface area contributed by atoms with Crippen LogP contribution in [0.2, 0.25) is 10.0 Å². The lowest BCUT2D eigenvalue weighted by molar-refractivity contribution is 0.282. The predicted molar refractivity (Wildman–Crippen MR) is 181 cm³/mol. The van der Waals surface area contributed by atoms with Gasteiger partial charge in [-0.3, -0.25) is 9.36 Å². The molecule has 5 nitrogen and oxygen atoms in total. The van der Waals surface area contributed by atoms with Crippen molar-refractivity contribution in [1.29, 1.82) is 0 Å². The first-order chi connectivity index (χ1) is 21.4. The highest BCUT2D eigenvalue weighted by Crippen LogP contribution is 2.41. The van der Waals surface area contributed by atoms with Crippen molar-refractivity contribution in [2.24, 2.45) is 4.99 Å². The predicted octanol–water partition coefficient (Wildman–Crippen LogP) is 7.98. The fourth-order valence-electron chi connectivity index (χ4n) is 5.86. The molecule has 2 heterocycles. The third-order valence-electron chi connectivity index (χ3n) is 7.92. The van der Waals surface area contributed by atoms with E-state index in [1.807, 2.05) is 47.0 Å². The number of hydrogen-bond acceptors (Lipinski definition) is 5. The molecule has 9 heteroatoms. The summed E-state index contributed by atoms with van der Waals surface area (Å²) in [6.07, 6.45) is 3.66. The maximum Gasteiger partial charge on any atom is 0.271 e.